The summed E-state index contributed by atoms with van der Waals surface area (Å²) in [5.74, 6) is -2.74. The Hall–Kier alpha value is -2.88. The van der Waals surface area contributed by atoms with E-state index in [9.17, 15) is 15.8 Å². The molecule has 1 aromatic rings. The third-order valence-electron chi connectivity index (χ3n) is 5.30. The molecule has 6 heteroatoms. The summed E-state index contributed by atoms with van der Waals surface area (Å²) in [7, 11) is 0. The normalized spacial score (nSPS) is 35.3. The van der Waals surface area contributed by atoms with Crippen LogP contribution in [0, 0.1) is 56.2 Å². The maximum atomic E-state index is 10.1. The summed E-state index contributed by atoms with van der Waals surface area (Å²) < 4.78 is 11.8. The van der Waals surface area contributed by atoms with E-state index in [-0.39, 0.29) is 11.8 Å². The van der Waals surface area contributed by atoms with E-state index < -0.39 is 28.6 Å². The average Bonchev–Trinajstić information content (AvgIpc) is 2.60. The van der Waals surface area contributed by atoms with Crippen molar-refractivity contribution in [2.24, 2.45) is 16.7 Å². The lowest BCUT2D eigenvalue weighted by atomic mass is 9.49. The predicted octanol–water partition coefficient (Wildman–Crippen LogP) is 3.09. The summed E-state index contributed by atoms with van der Waals surface area (Å²) in [6, 6.07) is 15.3. The first kappa shape index (κ1) is 17.0. The zero-order chi connectivity index (χ0) is 18.5. The molecule has 0 saturated carbocycles. The molecule has 25 heavy (non-hydrogen) atoms. The third-order valence-corrected chi connectivity index (χ3v) is 5.30. The largest absolute Gasteiger partial charge is 0.447 e. The van der Waals surface area contributed by atoms with E-state index in [2.05, 4.69) is 18.2 Å². The Morgan fingerprint density at radius 2 is 1.68 bits per heavy atom. The standard InChI is InChI=1S/C19H18N4O2/c1-12(2)15-19(11-22)16(23)25-17(3,24-15)14(18(19,9-20)10-21)13-7-5-4-6-8-13/h4-8,12,14-15,23H,1-3H3/t14-,15+,17-,19-/m0/s1. The lowest BCUT2D eigenvalue weighted by molar-refractivity contribution is -0.327. The molecule has 0 aromatic heterocycles. The second-order valence-corrected chi connectivity index (χ2v) is 7.02. The van der Waals surface area contributed by atoms with Gasteiger partial charge in [-0.1, -0.05) is 44.2 Å². The Balaban J connectivity index is 2.38. The smallest absolute Gasteiger partial charge is 0.219 e. The molecule has 1 aromatic carbocycles. The minimum Gasteiger partial charge on any atom is -0.447 e. The first-order valence-corrected chi connectivity index (χ1v) is 8.07. The Morgan fingerprint density at radius 3 is 2.16 bits per heavy atom. The van der Waals surface area contributed by atoms with Gasteiger partial charge in [0.2, 0.25) is 11.7 Å². The van der Waals surface area contributed by atoms with Crippen LogP contribution < -0.4 is 0 Å². The van der Waals surface area contributed by atoms with Crippen LogP contribution in [0.25, 0.3) is 0 Å². The number of hydrogen-bond donors (Lipinski definition) is 1. The Bertz CT molecular complexity index is 831. The number of nitrogens with zero attached hydrogens (tertiary/aromatic N) is 3. The van der Waals surface area contributed by atoms with Crippen molar-refractivity contribution in [3.05, 3.63) is 35.9 Å². The van der Waals surface area contributed by atoms with Gasteiger partial charge in [0.15, 0.2) is 10.8 Å². The lowest BCUT2D eigenvalue weighted by Crippen LogP contribution is -2.74. The summed E-state index contributed by atoms with van der Waals surface area (Å²) >= 11 is 0. The van der Waals surface area contributed by atoms with Gasteiger partial charge in [-0.15, -0.1) is 0 Å². The van der Waals surface area contributed by atoms with Crippen LogP contribution in [0.15, 0.2) is 30.3 Å². The van der Waals surface area contributed by atoms with Crippen LogP contribution in [0.4, 0.5) is 0 Å². The van der Waals surface area contributed by atoms with E-state index in [1.807, 2.05) is 19.9 Å². The molecule has 3 aliphatic heterocycles. The molecule has 3 saturated heterocycles. The van der Waals surface area contributed by atoms with E-state index in [1.165, 1.54) is 0 Å². The van der Waals surface area contributed by atoms with Gasteiger partial charge in [0.1, 0.15) is 0 Å². The van der Waals surface area contributed by atoms with Gasteiger partial charge in [-0.25, -0.2) is 0 Å². The van der Waals surface area contributed by atoms with E-state index in [4.69, 9.17) is 14.9 Å². The first-order chi connectivity index (χ1) is 11.8. The van der Waals surface area contributed by atoms with Crippen LogP contribution >= 0.6 is 0 Å². The molecule has 2 bridgehead atoms. The molecule has 0 amide bonds. The molecule has 0 aliphatic carbocycles. The van der Waals surface area contributed by atoms with Gasteiger partial charge in [-0.05, 0) is 11.5 Å². The number of ether oxygens (including phenoxy) is 2. The second kappa shape index (κ2) is 5.31. The van der Waals surface area contributed by atoms with Gasteiger partial charge < -0.3 is 9.47 Å². The Kier molecular flexibility index (Phi) is 3.60. The summed E-state index contributed by atoms with van der Waals surface area (Å²) in [6.07, 6.45) is -0.789. The van der Waals surface area contributed by atoms with E-state index in [0.717, 1.165) is 0 Å². The monoisotopic (exact) mass is 334 g/mol. The number of nitriles is 3. The zero-order valence-corrected chi connectivity index (χ0v) is 14.3. The van der Waals surface area contributed by atoms with Gasteiger partial charge in [-0.3, -0.25) is 5.41 Å². The molecule has 3 heterocycles. The summed E-state index contributed by atoms with van der Waals surface area (Å²) in [5.41, 5.74) is -2.91. The van der Waals surface area contributed by atoms with Crippen molar-refractivity contribution >= 4 is 5.90 Å². The molecule has 0 unspecified atom stereocenters. The van der Waals surface area contributed by atoms with Crippen LogP contribution in [0.2, 0.25) is 0 Å². The molecular weight excluding hydrogens is 316 g/mol. The predicted molar refractivity (Wildman–Crippen MR) is 87.8 cm³/mol. The van der Waals surface area contributed by atoms with Crippen molar-refractivity contribution in [2.75, 3.05) is 0 Å². The van der Waals surface area contributed by atoms with Crippen LogP contribution in [0.5, 0.6) is 0 Å². The van der Waals surface area contributed by atoms with Gasteiger partial charge >= 0.3 is 0 Å². The van der Waals surface area contributed by atoms with Crippen molar-refractivity contribution < 1.29 is 9.47 Å². The van der Waals surface area contributed by atoms with Crippen molar-refractivity contribution in [3.8, 4) is 18.2 Å². The summed E-state index contributed by atoms with van der Waals surface area (Å²) in [6.45, 7) is 5.33. The molecule has 3 fully saturated rings. The summed E-state index contributed by atoms with van der Waals surface area (Å²) in [4.78, 5) is 0. The maximum Gasteiger partial charge on any atom is 0.219 e. The fourth-order valence-corrected chi connectivity index (χ4v) is 4.30. The number of benzene rings is 1. The average molecular weight is 334 g/mol. The van der Waals surface area contributed by atoms with Crippen molar-refractivity contribution in [3.63, 3.8) is 0 Å². The second-order valence-electron chi connectivity index (χ2n) is 7.02. The Labute approximate surface area is 146 Å². The highest BCUT2D eigenvalue weighted by Gasteiger charge is 2.79. The van der Waals surface area contributed by atoms with Gasteiger partial charge in [0, 0.05) is 6.92 Å². The fraction of sp³-hybridized carbons (Fsp3) is 0.474. The van der Waals surface area contributed by atoms with Crippen LogP contribution in [-0.2, 0) is 9.47 Å². The molecule has 1 N–H and O–H groups in total. The molecule has 0 spiro atoms. The topological polar surface area (TPSA) is 114 Å². The van der Waals surface area contributed by atoms with Gasteiger partial charge in [0.25, 0.3) is 0 Å². The maximum absolute atomic E-state index is 10.1. The lowest BCUT2D eigenvalue weighted by Gasteiger charge is -2.62. The molecule has 126 valence electrons. The minimum atomic E-state index is -1.79. The fourth-order valence-electron chi connectivity index (χ4n) is 4.30. The van der Waals surface area contributed by atoms with Crippen molar-refractivity contribution in [1.82, 2.24) is 0 Å². The highest BCUT2D eigenvalue weighted by Crippen LogP contribution is 2.66. The van der Waals surface area contributed by atoms with E-state index in [0.29, 0.717) is 5.56 Å². The van der Waals surface area contributed by atoms with E-state index in [1.54, 1.807) is 31.2 Å². The Morgan fingerprint density at radius 1 is 1.08 bits per heavy atom. The number of rotatable bonds is 2. The van der Waals surface area contributed by atoms with Gasteiger partial charge in [-0.2, -0.15) is 15.8 Å². The number of fused-ring (bicyclic) bond motifs is 3. The highest BCUT2D eigenvalue weighted by atomic mass is 16.7. The quantitative estimate of drug-likeness (QED) is 0.892. The number of hydrogen-bond acceptors (Lipinski definition) is 6. The van der Waals surface area contributed by atoms with Crippen LogP contribution in [0.3, 0.4) is 0 Å². The molecular formula is C19H18N4O2. The van der Waals surface area contributed by atoms with Gasteiger partial charge in [0.05, 0.1) is 30.2 Å². The molecule has 0 radical (unpaired) electrons. The molecule has 4 atom stereocenters. The van der Waals surface area contributed by atoms with Crippen molar-refractivity contribution in [2.45, 2.75) is 38.6 Å². The highest BCUT2D eigenvalue weighted by molar-refractivity contribution is 5.89. The third kappa shape index (κ3) is 1.82. The zero-order valence-electron chi connectivity index (χ0n) is 14.3. The summed E-state index contributed by atoms with van der Waals surface area (Å²) in [5, 5.41) is 38.6. The molecule has 3 aliphatic rings. The number of nitrogens with one attached hydrogen (secondary N) is 1. The first-order valence-electron chi connectivity index (χ1n) is 8.07. The SMILES string of the molecule is CC(C)[C@H]1O[C@@]2(C)OC(=N)[C@@]1(C#N)C(C#N)(C#N)[C@H]2c1ccccc1. The van der Waals surface area contributed by atoms with Crippen molar-refractivity contribution in [1.29, 1.82) is 21.2 Å². The molecule has 4 rings (SSSR count). The van der Waals surface area contributed by atoms with Crippen LogP contribution in [0.1, 0.15) is 32.3 Å². The van der Waals surface area contributed by atoms with E-state index >= 15 is 0 Å². The molecule has 6 nitrogen and oxygen atoms in total. The minimum absolute atomic E-state index is 0.180. The van der Waals surface area contributed by atoms with Crippen LogP contribution in [-0.4, -0.2) is 17.8 Å².